The van der Waals surface area contributed by atoms with Gasteiger partial charge in [-0.05, 0) is 56.5 Å². The fourth-order valence-corrected chi connectivity index (χ4v) is 2.58. The van der Waals surface area contributed by atoms with Gasteiger partial charge in [0.2, 0.25) is 0 Å². The van der Waals surface area contributed by atoms with Crippen molar-refractivity contribution in [2.45, 2.75) is 39.0 Å². The predicted octanol–water partition coefficient (Wildman–Crippen LogP) is 3.00. The number of anilines is 1. The number of rotatable bonds is 3. The average Bonchev–Trinajstić information content (AvgIpc) is 2.56. The second-order valence-corrected chi connectivity index (χ2v) is 5.21. The van der Waals surface area contributed by atoms with Gasteiger partial charge in [0.1, 0.15) is 0 Å². The van der Waals surface area contributed by atoms with Crippen molar-refractivity contribution >= 4 is 5.69 Å². The van der Waals surface area contributed by atoms with E-state index >= 15 is 0 Å². The summed E-state index contributed by atoms with van der Waals surface area (Å²) in [5.74, 6) is 0. The highest BCUT2D eigenvalue weighted by Crippen LogP contribution is 2.16. The van der Waals surface area contributed by atoms with E-state index in [0.717, 1.165) is 18.7 Å². The number of benzene rings is 1. The largest absolute Gasteiger partial charge is 0.398 e. The van der Waals surface area contributed by atoms with Crippen LogP contribution in [0.25, 0.3) is 0 Å². The third kappa shape index (κ3) is 3.74. The zero-order valence-corrected chi connectivity index (χ0v) is 10.9. The van der Waals surface area contributed by atoms with Crippen molar-refractivity contribution in [2.75, 3.05) is 25.4 Å². The second-order valence-electron chi connectivity index (χ2n) is 5.21. The molecule has 0 atom stereocenters. The molecule has 94 valence electrons. The summed E-state index contributed by atoms with van der Waals surface area (Å²) in [6, 6.07) is 6.42. The Labute approximate surface area is 105 Å². The van der Waals surface area contributed by atoms with Crippen molar-refractivity contribution in [1.29, 1.82) is 0 Å². The van der Waals surface area contributed by atoms with Gasteiger partial charge in [-0.3, -0.25) is 0 Å². The molecule has 0 saturated carbocycles. The Morgan fingerprint density at radius 2 is 1.82 bits per heavy atom. The lowest BCUT2D eigenvalue weighted by atomic mass is 10.1. The van der Waals surface area contributed by atoms with Crippen LogP contribution in [-0.4, -0.2) is 24.5 Å². The highest BCUT2D eigenvalue weighted by molar-refractivity contribution is 5.49. The molecule has 0 radical (unpaired) electrons. The van der Waals surface area contributed by atoms with E-state index in [4.69, 9.17) is 5.73 Å². The van der Waals surface area contributed by atoms with Crippen molar-refractivity contribution in [1.82, 2.24) is 4.90 Å². The maximum absolute atomic E-state index is 6.05. The topological polar surface area (TPSA) is 29.3 Å². The van der Waals surface area contributed by atoms with Gasteiger partial charge in [-0.2, -0.15) is 0 Å². The number of nitrogen functional groups attached to an aromatic ring is 1. The Morgan fingerprint density at radius 1 is 1.12 bits per heavy atom. The minimum absolute atomic E-state index is 0.958. The number of hydrogen-bond acceptors (Lipinski definition) is 2. The van der Waals surface area contributed by atoms with Gasteiger partial charge in [0.05, 0.1) is 0 Å². The quantitative estimate of drug-likeness (QED) is 0.812. The highest BCUT2D eigenvalue weighted by atomic mass is 15.1. The third-order valence-corrected chi connectivity index (χ3v) is 3.70. The molecule has 1 fully saturated rings. The van der Waals surface area contributed by atoms with Crippen molar-refractivity contribution < 1.29 is 0 Å². The van der Waals surface area contributed by atoms with Gasteiger partial charge in [0, 0.05) is 12.2 Å². The molecular weight excluding hydrogens is 208 g/mol. The van der Waals surface area contributed by atoms with Gasteiger partial charge in [0.15, 0.2) is 0 Å². The Bertz CT molecular complexity index is 352. The molecule has 0 aliphatic carbocycles. The molecule has 2 nitrogen and oxygen atoms in total. The Hall–Kier alpha value is -1.02. The number of nitrogens with zero attached hydrogens (tertiary/aromatic N) is 1. The minimum atomic E-state index is 0.958. The molecule has 17 heavy (non-hydrogen) atoms. The molecule has 1 saturated heterocycles. The van der Waals surface area contributed by atoms with Crippen LogP contribution < -0.4 is 5.73 Å². The van der Waals surface area contributed by atoms with E-state index in [-0.39, 0.29) is 0 Å². The normalized spacial score (nSPS) is 17.9. The van der Waals surface area contributed by atoms with Gasteiger partial charge in [0.25, 0.3) is 0 Å². The number of nitrogens with two attached hydrogens (primary N) is 1. The van der Waals surface area contributed by atoms with E-state index in [1.54, 1.807) is 0 Å². The molecule has 0 unspecified atom stereocenters. The Balaban J connectivity index is 1.88. The highest BCUT2D eigenvalue weighted by Gasteiger charge is 2.09. The molecule has 1 aromatic carbocycles. The number of hydrogen-bond donors (Lipinski definition) is 1. The molecule has 0 spiro atoms. The maximum Gasteiger partial charge on any atom is 0.0349 e. The molecule has 1 aliphatic rings. The zero-order valence-electron chi connectivity index (χ0n) is 10.9. The van der Waals surface area contributed by atoms with Crippen molar-refractivity contribution in [3.05, 3.63) is 29.3 Å². The van der Waals surface area contributed by atoms with Crippen LogP contribution in [0.3, 0.4) is 0 Å². The van der Waals surface area contributed by atoms with Gasteiger partial charge in [-0.15, -0.1) is 0 Å². The molecule has 2 N–H and O–H groups in total. The summed E-state index contributed by atoms with van der Waals surface area (Å²) in [6.45, 7) is 5.79. The first kappa shape index (κ1) is 12.4. The molecule has 1 aliphatic heterocycles. The van der Waals surface area contributed by atoms with Crippen LogP contribution in [0.15, 0.2) is 18.2 Å². The lowest BCUT2D eigenvalue weighted by Gasteiger charge is -2.20. The van der Waals surface area contributed by atoms with Crippen molar-refractivity contribution in [2.24, 2.45) is 0 Å². The summed E-state index contributed by atoms with van der Waals surface area (Å²) < 4.78 is 0. The van der Waals surface area contributed by atoms with E-state index in [2.05, 4.69) is 30.0 Å². The average molecular weight is 232 g/mol. The molecule has 2 heteroatoms. The van der Waals surface area contributed by atoms with Crippen molar-refractivity contribution in [3.63, 3.8) is 0 Å². The molecular formula is C15H24N2. The fraction of sp³-hybridized carbons (Fsp3) is 0.600. The molecule has 0 bridgehead atoms. The Morgan fingerprint density at radius 3 is 2.47 bits per heavy atom. The van der Waals surface area contributed by atoms with E-state index < -0.39 is 0 Å². The molecule has 0 aromatic heterocycles. The zero-order chi connectivity index (χ0) is 12.1. The number of aryl methyl sites for hydroxylation is 1. The maximum atomic E-state index is 6.05. The molecule has 1 heterocycles. The van der Waals surface area contributed by atoms with Crippen LogP contribution in [0, 0.1) is 6.92 Å². The third-order valence-electron chi connectivity index (χ3n) is 3.70. The number of likely N-dealkylation sites (tertiary alicyclic amines) is 1. The first-order valence-corrected chi connectivity index (χ1v) is 6.83. The minimum Gasteiger partial charge on any atom is -0.398 e. The molecule has 1 aromatic rings. The second kappa shape index (κ2) is 6.06. The van der Waals surface area contributed by atoms with Crippen LogP contribution in [-0.2, 0) is 6.42 Å². The summed E-state index contributed by atoms with van der Waals surface area (Å²) in [5, 5.41) is 0. The van der Waals surface area contributed by atoms with Gasteiger partial charge < -0.3 is 10.6 Å². The standard InChI is InChI=1S/C15H24N2/c1-13-6-7-14(15(16)12-13)8-11-17-9-4-2-3-5-10-17/h6-7,12H,2-5,8-11,16H2,1H3. The van der Waals surface area contributed by atoms with Crippen LogP contribution >= 0.6 is 0 Å². The summed E-state index contributed by atoms with van der Waals surface area (Å²) in [7, 11) is 0. The van der Waals surface area contributed by atoms with E-state index in [1.807, 2.05) is 0 Å². The van der Waals surface area contributed by atoms with Gasteiger partial charge in [-0.1, -0.05) is 25.0 Å². The van der Waals surface area contributed by atoms with Crippen LogP contribution in [0.2, 0.25) is 0 Å². The first-order chi connectivity index (χ1) is 8.25. The molecule has 0 amide bonds. The van der Waals surface area contributed by atoms with E-state index in [0.29, 0.717) is 0 Å². The summed E-state index contributed by atoms with van der Waals surface area (Å²) in [4.78, 5) is 2.59. The predicted molar refractivity (Wildman–Crippen MR) is 74.2 cm³/mol. The SMILES string of the molecule is Cc1ccc(CCN2CCCCCC2)c(N)c1. The van der Waals surface area contributed by atoms with Gasteiger partial charge >= 0.3 is 0 Å². The monoisotopic (exact) mass is 232 g/mol. The Kier molecular flexibility index (Phi) is 4.43. The summed E-state index contributed by atoms with van der Waals surface area (Å²) >= 11 is 0. The fourth-order valence-electron chi connectivity index (χ4n) is 2.58. The van der Waals surface area contributed by atoms with Crippen LogP contribution in [0.1, 0.15) is 36.8 Å². The molecule has 2 rings (SSSR count). The lowest BCUT2D eigenvalue weighted by molar-refractivity contribution is 0.289. The van der Waals surface area contributed by atoms with Gasteiger partial charge in [-0.25, -0.2) is 0 Å². The summed E-state index contributed by atoms with van der Waals surface area (Å²) in [6.07, 6.45) is 6.63. The lowest BCUT2D eigenvalue weighted by Crippen LogP contribution is -2.27. The van der Waals surface area contributed by atoms with E-state index in [1.165, 1.54) is 49.9 Å². The van der Waals surface area contributed by atoms with E-state index in [9.17, 15) is 0 Å². The van der Waals surface area contributed by atoms with Crippen molar-refractivity contribution in [3.8, 4) is 0 Å². The summed E-state index contributed by atoms with van der Waals surface area (Å²) in [5.41, 5.74) is 9.56. The van der Waals surface area contributed by atoms with Crippen LogP contribution in [0.4, 0.5) is 5.69 Å². The first-order valence-electron chi connectivity index (χ1n) is 6.83. The smallest absolute Gasteiger partial charge is 0.0349 e. The van der Waals surface area contributed by atoms with Crippen LogP contribution in [0.5, 0.6) is 0 Å².